The van der Waals surface area contributed by atoms with Crippen LogP contribution >= 0.6 is 11.6 Å². The van der Waals surface area contributed by atoms with Crippen molar-refractivity contribution >= 4 is 29.6 Å². The molecule has 0 saturated heterocycles. The molecule has 0 aliphatic rings. The highest BCUT2D eigenvalue weighted by molar-refractivity contribution is 6.34. The van der Waals surface area contributed by atoms with E-state index in [1.54, 1.807) is 0 Å². The Morgan fingerprint density at radius 3 is 2.44 bits per heavy atom. The van der Waals surface area contributed by atoms with E-state index in [1.165, 1.54) is 25.1 Å². The van der Waals surface area contributed by atoms with Crippen molar-refractivity contribution in [3.8, 4) is 0 Å². The van der Waals surface area contributed by atoms with Crippen LogP contribution in [0.25, 0.3) is 0 Å². The van der Waals surface area contributed by atoms with E-state index in [1.807, 2.05) is 0 Å². The van der Waals surface area contributed by atoms with Crippen LogP contribution in [0.3, 0.4) is 0 Å². The average molecular weight is 271 g/mol. The number of rotatable bonds is 5. The maximum Gasteiger partial charge on any atom is 0.337 e. The maximum atomic E-state index is 11.7. The van der Waals surface area contributed by atoms with Crippen LogP contribution in [-0.2, 0) is 4.79 Å². The summed E-state index contributed by atoms with van der Waals surface area (Å²) >= 11 is 5.64. The number of carbonyl (C=O) groups excluding carboxylic acids is 2. The molecule has 0 fully saturated rings. The first kappa shape index (κ1) is 14.3. The van der Waals surface area contributed by atoms with Crippen molar-refractivity contribution in [2.24, 2.45) is 0 Å². The summed E-state index contributed by atoms with van der Waals surface area (Å²) in [5, 5.41) is 17.2. The summed E-state index contributed by atoms with van der Waals surface area (Å²) in [4.78, 5) is 33.2. The fraction of sp³-hybridized carbons (Fsp3) is 0.250. The lowest BCUT2D eigenvalue weighted by Gasteiger charge is -2.10. The predicted octanol–water partition coefficient (Wildman–Crippen LogP) is 1.43. The second-order valence-electron chi connectivity index (χ2n) is 3.69. The zero-order valence-electron chi connectivity index (χ0n) is 9.46. The second-order valence-corrected chi connectivity index (χ2v) is 4.34. The van der Waals surface area contributed by atoms with Gasteiger partial charge in [0.15, 0.2) is 18.2 Å². The lowest BCUT2D eigenvalue weighted by molar-refractivity contribution is -0.146. The number of aldehydes is 1. The molecule has 0 aliphatic heterocycles. The number of aliphatic carboxylic acids is 1. The average Bonchev–Trinajstić information content (AvgIpc) is 2.35. The Morgan fingerprint density at radius 1 is 1.39 bits per heavy atom. The Balaban J connectivity index is 3.30. The Kier molecular flexibility index (Phi) is 4.58. The number of carbonyl (C=O) groups is 3. The fourth-order valence-corrected chi connectivity index (χ4v) is 1.53. The van der Waals surface area contributed by atoms with Gasteiger partial charge in [-0.15, -0.1) is 11.6 Å². The lowest BCUT2D eigenvalue weighted by Crippen LogP contribution is -2.16. The van der Waals surface area contributed by atoms with Gasteiger partial charge < -0.3 is 10.2 Å². The van der Waals surface area contributed by atoms with Crippen molar-refractivity contribution < 1.29 is 24.6 Å². The first-order chi connectivity index (χ1) is 8.38. The molecule has 0 spiro atoms. The summed E-state index contributed by atoms with van der Waals surface area (Å²) in [6.07, 6.45) is -1.27. The number of hydrogen-bond donors (Lipinski definition) is 2. The van der Waals surface area contributed by atoms with Gasteiger partial charge in [-0.3, -0.25) is 9.59 Å². The van der Waals surface area contributed by atoms with E-state index in [0.29, 0.717) is 6.29 Å². The summed E-state index contributed by atoms with van der Waals surface area (Å²) in [6.45, 7) is 1.44. The van der Waals surface area contributed by atoms with Gasteiger partial charge in [-0.2, -0.15) is 0 Å². The number of aliphatic hydroxyl groups excluding tert-OH is 1. The fourth-order valence-electron chi connectivity index (χ4n) is 1.42. The number of alkyl halides is 1. The van der Waals surface area contributed by atoms with Crippen molar-refractivity contribution in [3.05, 3.63) is 34.9 Å². The molecule has 0 aliphatic carbocycles. The molecule has 0 bridgehead atoms. The van der Waals surface area contributed by atoms with Crippen LogP contribution in [0.1, 0.15) is 39.3 Å². The third kappa shape index (κ3) is 2.94. The molecule has 1 aromatic carbocycles. The number of benzene rings is 1. The minimum absolute atomic E-state index is 0.00491. The quantitative estimate of drug-likeness (QED) is 0.480. The minimum atomic E-state index is -1.75. The van der Waals surface area contributed by atoms with Crippen molar-refractivity contribution in [2.45, 2.75) is 18.4 Å². The van der Waals surface area contributed by atoms with Gasteiger partial charge in [-0.25, -0.2) is 4.79 Å². The molecule has 2 atom stereocenters. The molecule has 1 aromatic rings. The van der Waals surface area contributed by atoms with Gasteiger partial charge in [0.1, 0.15) is 0 Å². The minimum Gasteiger partial charge on any atom is -0.479 e. The molecule has 18 heavy (non-hydrogen) atoms. The number of aliphatic hydroxyl groups is 1. The summed E-state index contributed by atoms with van der Waals surface area (Å²) in [6, 6.07) is 3.73. The Morgan fingerprint density at radius 2 is 2.00 bits per heavy atom. The van der Waals surface area contributed by atoms with Gasteiger partial charge in [-0.05, 0) is 18.6 Å². The van der Waals surface area contributed by atoms with E-state index in [-0.39, 0.29) is 16.7 Å². The first-order valence-electron chi connectivity index (χ1n) is 5.06. The van der Waals surface area contributed by atoms with Crippen molar-refractivity contribution in [1.29, 1.82) is 0 Å². The van der Waals surface area contributed by atoms with Gasteiger partial charge in [0.2, 0.25) is 0 Å². The molecule has 0 aromatic heterocycles. The SMILES string of the molecule is CC(Cl)C(=O)c1cc(C(O)C(=O)O)ccc1C=O. The number of carboxylic acid groups (broad SMARTS) is 1. The molecular formula is C12H11ClO5. The van der Waals surface area contributed by atoms with Crippen LogP contribution in [0.4, 0.5) is 0 Å². The molecule has 6 heteroatoms. The topological polar surface area (TPSA) is 91.7 Å². The van der Waals surface area contributed by atoms with Gasteiger partial charge in [0, 0.05) is 11.1 Å². The summed E-state index contributed by atoms with van der Waals surface area (Å²) in [7, 11) is 0. The lowest BCUT2D eigenvalue weighted by atomic mass is 9.97. The highest BCUT2D eigenvalue weighted by atomic mass is 35.5. The highest BCUT2D eigenvalue weighted by Crippen LogP contribution is 2.20. The smallest absolute Gasteiger partial charge is 0.337 e. The monoisotopic (exact) mass is 270 g/mol. The molecule has 2 N–H and O–H groups in total. The normalized spacial score (nSPS) is 13.7. The van der Waals surface area contributed by atoms with E-state index in [0.717, 1.165) is 0 Å². The zero-order valence-corrected chi connectivity index (χ0v) is 10.2. The number of halogens is 1. The molecule has 0 radical (unpaired) electrons. The predicted molar refractivity (Wildman–Crippen MR) is 64.1 cm³/mol. The molecule has 0 amide bonds. The van der Waals surface area contributed by atoms with Crippen LogP contribution in [0.2, 0.25) is 0 Å². The van der Waals surface area contributed by atoms with E-state index < -0.39 is 23.2 Å². The van der Waals surface area contributed by atoms with Crippen LogP contribution in [-0.4, -0.2) is 33.6 Å². The zero-order chi connectivity index (χ0) is 13.9. The molecule has 0 saturated carbocycles. The third-order valence-electron chi connectivity index (χ3n) is 2.38. The largest absolute Gasteiger partial charge is 0.479 e. The van der Waals surface area contributed by atoms with Crippen LogP contribution in [0.5, 0.6) is 0 Å². The number of Topliss-reactive ketones (excluding diaryl/α,β-unsaturated/α-hetero) is 1. The third-order valence-corrected chi connectivity index (χ3v) is 2.58. The Bertz CT molecular complexity index is 495. The van der Waals surface area contributed by atoms with Gasteiger partial charge in [0.25, 0.3) is 0 Å². The van der Waals surface area contributed by atoms with E-state index in [2.05, 4.69) is 0 Å². The van der Waals surface area contributed by atoms with Crippen LogP contribution < -0.4 is 0 Å². The molecule has 1 rings (SSSR count). The molecule has 2 unspecified atom stereocenters. The number of carboxylic acids is 1. The second kappa shape index (κ2) is 5.75. The van der Waals surface area contributed by atoms with Crippen LogP contribution in [0, 0.1) is 0 Å². The molecule has 0 heterocycles. The van der Waals surface area contributed by atoms with Gasteiger partial charge in [0.05, 0.1) is 5.38 Å². The van der Waals surface area contributed by atoms with Crippen molar-refractivity contribution in [3.63, 3.8) is 0 Å². The maximum absolute atomic E-state index is 11.7. The molecular weight excluding hydrogens is 260 g/mol. The standard InChI is InChI=1S/C12H11ClO5/c1-6(13)10(15)9-4-7(11(16)12(17)18)2-3-8(9)5-14/h2-6,11,16H,1H3,(H,17,18). The Hall–Kier alpha value is -1.72. The van der Waals surface area contributed by atoms with Gasteiger partial charge >= 0.3 is 5.97 Å². The number of hydrogen-bond acceptors (Lipinski definition) is 4. The van der Waals surface area contributed by atoms with Crippen molar-refractivity contribution in [2.75, 3.05) is 0 Å². The first-order valence-corrected chi connectivity index (χ1v) is 5.50. The van der Waals surface area contributed by atoms with Gasteiger partial charge in [-0.1, -0.05) is 12.1 Å². The Labute approximate surface area is 108 Å². The van der Waals surface area contributed by atoms with E-state index in [9.17, 15) is 19.5 Å². The van der Waals surface area contributed by atoms with Crippen molar-refractivity contribution in [1.82, 2.24) is 0 Å². The summed E-state index contributed by atoms with van der Waals surface area (Å²) < 4.78 is 0. The van der Waals surface area contributed by atoms with E-state index in [4.69, 9.17) is 16.7 Å². The molecule has 5 nitrogen and oxygen atoms in total. The van der Waals surface area contributed by atoms with E-state index >= 15 is 0 Å². The summed E-state index contributed by atoms with van der Waals surface area (Å²) in [5.41, 5.74) is 0.132. The van der Waals surface area contributed by atoms with Crippen LogP contribution in [0.15, 0.2) is 18.2 Å². The summed E-state index contributed by atoms with van der Waals surface area (Å²) in [5.74, 6) is -1.94. The molecule has 96 valence electrons. The number of ketones is 1. The highest BCUT2D eigenvalue weighted by Gasteiger charge is 2.21.